The first kappa shape index (κ1) is 14.8. The van der Waals surface area contributed by atoms with Crippen LogP contribution in [0.3, 0.4) is 0 Å². The molecule has 0 bridgehead atoms. The number of nitrogens with zero attached hydrogens (tertiary/aromatic N) is 5. The topological polar surface area (TPSA) is 69.6 Å². The molecule has 0 atom stereocenters. The molecule has 2 aromatic heterocycles. The highest BCUT2D eigenvalue weighted by molar-refractivity contribution is 7.98. The van der Waals surface area contributed by atoms with Crippen molar-refractivity contribution in [2.45, 2.75) is 31.2 Å². The van der Waals surface area contributed by atoms with Gasteiger partial charge in [0.2, 0.25) is 5.89 Å². The maximum Gasteiger partial charge on any atom is 0.237 e. The van der Waals surface area contributed by atoms with Crippen molar-refractivity contribution in [3.05, 3.63) is 41.5 Å². The van der Waals surface area contributed by atoms with Crippen LogP contribution in [-0.4, -0.2) is 24.9 Å². The molecule has 0 saturated carbocycles. The highest BCUT2D eigenvalue weighted by Gasteiger charge is 2.13. The van der Waals surface area contributed by atoms with Gasteiger partial charge in [0.05, 0.1) is 5.75 Å². The first-order valence-electron chi connectivity index (χ1n) is 7.08. The zero-order chi connectivity index (χ0) is 15.5. The zero-order valence-electron chi connectivity index (χ0n) is 12.8. The van der Waals surface area contributed by atoms with E-state index in [-0.39, 0.29) is 0 Å². The van der Waals surface area contributed by atoms with Crippen LogP contribution in [0.15, 0.2) is 33.9 Å². The summed E-state index contributed by atoms with van der Waals surface area (Å²) in [4.78, 5) is 4.29. The predicted octanol–water partition coefficient (Wildman–Crippen LogP) is 3.03. The van der Waals surface area contributed by atoms with Gasteiger partial charge in [-0.15, -0.1) is 10.2 Å². The Bertz CT molecular complexity index is 780. The van der Waals surface area contributed by atoms with Crippen molar-refractivity contribution in [3.8, 4) is 11.4 Å². The second kappa shape index (κ2) is 6.31. The Balaban J connectivity index is 1.76. The zero-order valence-corrected chi connectivity index (χ0v) is 13.6. The number of thioether (sulfide) groups is 1. The average Bonchev–Trinajstić information content (AvgIpc) is 3.12. The van der Waals surface area contributed by atoms with Crippen molar-refractivity contribution in [2.75, 3.05) is 0 Å². The minimum Gasteiger partial charge on any atom is -0.338 e. The Morgan fingerprint density at radius 1 is 1.27 bits per heavy atom. The molecule has 1 aromatic carbocycles. The lowest BCUT2D eigenvalue weighted by atomic mass is 10.1. The third kappa shape index (κ3) is 3.04. The number of benzene rings is 1. The lowest BCUT2D eigenvalue weighted by molar-refractivity contribution is 0.385. The highest BCUT2D eigenvalue weighted by atomic mass is 32.2. The summed E-state index contributed by atoms with van der Waals surface area (Å²) < 4.78 is 7.17. The van der Waals surface area contributed by atoms with Gasteiger partial charge < -0.3 is 9.09 Å². The molecule has 22 heavy (non-hydrogen) atoms. The van der Waals surface area contributed by atoms with Crippen LogP contribution in [0.25, 0.3) is 11.4 Å². The van der Waals surface area contributed by atoms with Crippen LogP contribution in [0, 0.1) is 6.92 Å². The fourth-order valence-electron chi connectivity index (χ4n) is 2.09. The minimum absolute atomic E-state index is 0.590. The van der Waals surface area contributed by atoms with E-state index in [4.69, 9.17) is 4.52 Å². The summed E-state index contributed by atoms with van der Waals surface area (Å²) in [6.07, 6.45) is 0.773. The molecular formula is C15H17N5OS. The van der Waals surface area contributed by atoms with E-state index in [9.17, 15) is 0 Å². The second-order valence-electron chi connectivity index (χ2n) is 4.98. The van der Waals surface area contributed by atoms with Crippen LogP contribution < -0.4 is 0 Å². The van der Waals surface area contributed by atoms with E-state index >= 15 is 0 Å². The molecule has 0 aliphatic heterocycles. The van der Waals surface area contributed by atoms with Crippen LogP contribution in [0.4, 0.5) is 0 Å². The van der Waals surface area contributed by atoms with Gasteiger partial charge in [0.15, 0.2) is 16.8 Å². The third-order valence-corrected chi connectivity index (χ3v) is 4.27. The molecule has 114 valence electrons. The minimum atomic E-state index is 0.590. The number of hydrogen-bond donors (Lipinski definition) is 0. The molecular weight excluding hydrogens is 298 g/mol. The first-order chi connectivity index (χ1) is 10.7. The van der Waals surface area contributed by atoms with Crippen molar-refractivity contribution in [2.24, 2.45) is 7.05 Å². The van der Waals surface area contributed by atoms with Crippen molar-refractivity contribution in [1.29, 1.82) is 0 Å². The summed E-state index contributed by atoms with van der Waals surface area (Å²) in [5, 5.41) is 13.3. The van der Waals surface area contributed by atoms with E-state index in [1.54, 1.807) is 0 Å². The van der Waals surface area contributed by atoms with E-state index in [0.717, 1.165) is 28.8 Å². The van der Waals surface area contributed by atoms with E-state index in [2.05, 4.69) is 39.4 Å². The fraction of sp³-hybridized carbons (Fsp3) is 0.333. The Morgan fingerprint density at radius 2 is 2.14 bits per heavy atom. The molecule has 6 nitrogen and oxygen atoms in total. The van der Waals surface area contributed by atoms with Gasteiger partial charge in [0, 0.05) is 19.0 Å². The van der Waals surface area contributed by atoms with Gasteiger partial charge >= 0.3 is 0 Å². The Morgan fingerprint density at radius 3 is 2.86 bits per heavy atom. The monoisotopic (exact) mass is 315 g/mol. The summed E-state index contributed by atoms with van der Waals surface area (Å²) in [5.74, 6) is 2.79. The summed E-state index contributed by atoms with van der Waals surface area (Å²) in [6.45, 7) is 4.06. The average molecular weight is 315 g/mol. The van der Waals surface area contributed by atoms with Crippen molar-refractivity contribution >= 4 is 11.8 Å². The molecule has 0 radical (unpaired) electrons. The number of aromatic nitrogens is 5. The SMILES string of the molecule is CCc1noc(CSc2nnc(-c3cccc(C)c3)n2C)n1. The van der Waals surface area contributed by atoms with Crippen LogP contribution in [0.5, 0.6) is 0 Å². The van der Waals surface area contributed by atoms with E-state index in [0.29, 0.717) is 11.6 Å². The Hall–Kier alpha value is -2.15. The van der Waals surface area contributed by atoms with Crippen molar-refractivity contribution in [1.82, 2.24) is 24.9 Å². The largest absolute Gasteiger partial charge is 0.338 e. The lowest BCUT2D eigenvalue weighted by Gasteiger charge is -2.03. The molecule has 0 amide bonds. The number of aryl methyl sites for hydroxylation is 2. The molecule has 0 N–H and O–H groups in total. The van der Waals surface area contributed by atoms with Gasteiger partial charge in [-0.25, -0.2) is 0 Å². The molecule has 0 fully saturated rings. The maximum absolute atomic E-state index is 5.18. The van der Waals surface area contributed by atoms with E-state index in [1.807, 2.05) is 30.7 Å². The van der Waals surface area contributed by atoms with E-state index in [1.165, 1.54) is 17.3 Å². The van der Waals surface area contributed by atoms with Crippen LogP contribution in [0.1, 0.15) is 24.2 Å². The number of hydrogen-bond acceptors (Lipinski definition) is 6. The van der Waals surface area contributed by atoms with E-state index < -0.39 is 0 Å². The molecule has 0 spiro atoms. The van der Waals surface area contributed by atoms with Crippen molar-refractivity contribution in [3.63, 3.8) is 0 Å². The van der Waals surface area contributed by atoms with Crippen molar-refractivity contribution < 1.29 is 4.52 Å². The summed E-state index contributed by atoms with van der Waals surface area (Å²) in [6, 6.07) is 8.23. The van der Waals surface area contributed by atoms with Gasteiger partial charge in [0.25, 0.3) is 0 Å². The van der Waals surface area contributed by atoms with Gasteiger partial charge in [-0.05, 0) is 13.0 Å². The fourth-order valence-corrected chi connectivity index (χ4v) is 2.84. The van der Waals surface area contributed by atoms with Gasteiger partial charge in [-0.1, -0.05) is 47.6 Å². The van der Waals surface area contributed by atoms with Crippen LogP contribution in [-0.2, 0) is 19.2 Å². The Labute approximate surface area is 133 Å². The molecule has 2 heterocycles. The molecule has 0 aliphatic carbocycles. The molecule has 3 aromatic rings. The molecule has 0 saturated heterocycles. The highest BCUT2D eigenvalue weighted by Crippen LogP contribution is 2.25. The standard InChI is InChI=1S/C15H17N5OS/c1-4-12-16-13(21-19-12)9-22-15-18-17-14(20(15)3)11-7-5-6-10(2)8-11/h5-8H,4,9H2,1-3H3. The smallest absolute Gasteiger partial charge is 0.237 e. The molecule has 7 heteroatoms. The van der Waals surface area contributed by atoms with Gasteiger partial charge in [0.1, 0.15) is 0 Å². The Kier molecular flexibility index (Phi) is 4.24. The summed E-state index contributed by atoms with van der Waals surface area (Å²) in [7, 11) is 1.96. The molecule has 0 aliphatic rings. The third-order valence-electron chi connectivity index (χ3n) is 3.26. The molecule has 0 unspecified atom stereocenters. The summed E-state index contributed by atoms with van der Waals surface area (Å²) in [5.41, 5.74) is 2.26. The first-order valence-corrected chi connectivity index (χ1v) is 8.06. The molecule has 3 rings (SSSR count). The predicted molar refractivity (Wildman–Crippen MR) is 84.4 cm³/mol. The second-order valence-corrected chi connectivity index (χ2v) is 5.92. The maximum atomic E-state index is 5.18. The van der Waals surface area contributed by atoms with Gasteiger partial charge in [-0.3, -0.25) is 0 Å². The summed E-state index contributed by atoms with van der Waals surface area (Å²) >= 11 is 1.54. The lowest BCUT2D eigenvalue weighted by Crippen LogP contribution is -1.95. The number of rotatable bonds is 5. The van der Waals surface area contributed by atoms with Gasteiger partial charge in [-0.2, -0.15) is 4.98 Å². The normalized spacial score (nSPS) is 11.0. The van der Waals surface area contributed by atoms with Crippen LogP contribution >= 0.6 is 11.8 Å². The van der Waals surface area contributed by atoms with Crippen LogP contribution in [0.2, 0.25) is 0 Å². The quantitative estimate of drug-likeness (QED) is 0.674.